The molecule has 0 aromatic rings. The lowest BCUT2D eigenvalue weighted by Gasteiger charge is -2.34. The van der Waals surface area contributed by atoms with Crippen molar-refractivity contribution in [3.63, 3.8) is 0 Å². The zero-order valence-electron chi connectivity index (χ0n) is 16.4. The maximum Gasteiger partial charge on any atom is 0.151 e. The van der Waals surface area contributed by atoms with E-state index in [1.807, 2.05) is 0 Å². The van der Waals surface area contributed by atoms with Crippen molar-refractivity contribution in [2.45, 2.75) is 90.3 Å². The Kier molecular flexibility index (Phi) is 12.5. The molecule has 0 fully saturated rings. The molecule has 2 N–H and O–H groups in total. The minimum atomic E-state index is -1.18. The van der Waals surface area contributed by atoms with E-state index in [9.17, 15) is 9.59 Å². The van der Waals surface area contributed by atoms with Crippen LogP contribution in [0.15, 0.2) is 12.2 Å². The molecule has 1 aliphatic carbocycles. The van der Waals surface area contributed by atoms with Crippen LogP contribution in [0.3, 0.4) is 0 Å². The second-order valence-electron chi connectivity index (χ2n) is 7.81. The zero-order valence-corrected chi connectivity index (χ0v) is 16.4. The van der Waals surface area contributed by atoms with Crippen LogP contribution >= 0.6 is 0 Å². The first-order valence-corrected chi connectivity index (χ1v) is 10.6. The molecule has 0 saturated heterocycles. The Morgan fingerprint density at radius 2 is 1.23 bits per heavy atom. The molecule has 4 heteroatoms. The zero-order chi connectivity index (χ0) is 19.2. The van der Waals surface area contributed by atoms with E-state index in [-0.39, 0.29) is 23.7 Å². The van der Waals surface area contributed by atoms with Gasteiger partial charge in [-0.25, -0.2) is 0 Å². The van der Waals surface area contributed by atoms with Crippen LogP contribution in [0.25, 0.3) is 0 Å². The third-order valence-corrected chi connectivity index (χ3v) is 5.74. The summed E-state index contributed by atoms with van der Waals surface area (Å²) in [4.78, 5) is 23.3. The lowest BCUT2D eigenvalue weighted by Crippen LogP contribution is -2.33. The van der Waals surface area contributed by atoms with Crippen molar-refractivity contribution in [1.29, 1.82) is 0 Å². The molecule has 4 atom stereocenters. The van der Waals surface area contributed by atoms with Gasteiger partial charge in [0.15, 0.2) is 6.29 Å². The molecule has 4 nitrogen and oxygen atoms in total. The predicted octanol–water partition coefficient (Wildman–Crippen LogP) is 4.43. The van der Waals surface area contributed by atoms with Crippen LogP contribution in [0.5, 0.6) is 0 Å². The van der Waals surface area contributed by atoms with Gasteiger partial charge in [0, 0.05) is 11.8 Å². The molecule has 0 aromatic carbocycles. The van der Waals surface area contributed by atoms with Gasteiger partial charge in [-0.1, -0.05) is 70.4 Å². The second-order valence-corrected chi connectivity index (χ2v) is 7.81. The quantitative estimate of drug-likeness (QED) is 0.195. The molecule has 26 heavy (non-hydrogen) atoms. The molecule has 0 amide bonds. The molecule has 0 heterocycles. The number of hydrogen-bond donors (Lipinski definition) is 2. The highest BCUT2D eigenvalue weighted by Gasteiger charge is 2.35. The molecule has 0 bridgehead atoms. The summed E-state index contributed by atoms with van der Waals surface area (Å²) in [5.74, 6) is 0.126. The van der Waals surface area contributed by atoms with Gasteiger partial charge in [0.1, 0.15) is 12.6 Å². The van der Waals surface area contributed by atoms with Crippen molar-refractivity contribution in [1.82, 2.24) is 0 Å². The molecular weight excluding hydrogens is 328 g/mol. The number of aliphatic hydroxyl groups excluding tert-OH is 1. The smallest absolute Gasteiger partial charge is 0.151 e. The Morgan fingerprint density at radius 3 is 1.69 bits per heavy atom. The monoisotopic (exact) mass is 366 g/mol. The van der Waals surface area contributed by atoms with E-state index in [1.54, 1.807) is 0 Å². The average molecular weight is 367 g/mol. The summed E-state index contributed by atoms with van der Waals surface area (Å²) in [5, 5.41) is 17.6. The van der Waals surface area contributed by atoms with E-state index in [0.29, 0.717) is 6.42 Å². The van der Waals surface area contributed by atoms with Gasteiger partial charge in [0.05, 0.1) is 0 Å². The van der Waals surface area contributed by atoms with Crippen molar-refractivity contribution in [2.75, 3.05) is 0 Å². The highest BCUT2D eigenvalue weighted by atomic mass is 16.5. The largest absolute Gasteiger partial charge is 0.368 e. The summed E-state index contributed by atoms with van der Waals surface area (Å²) in [7, 11) is 0. The molecule has 4 unspecified atom stereocenters. The molecular formula is C22H38O4. The van der Waals surface area contributed by atoms with Crippen LogP contribution in [0, 0.1) is 23.7 Å². The number of rotatable bonds is 15. The third-order valence-electron chi connectivity index (χ3n) is 5.74. The van der Waals surface area contributed by atoms with E-state index in [0.717, 1.165) is 70.4 Å². The van der Waals surface area contributed by atoms with Gasteiger partial charge in [0.2, 0.25) is 0 Å². The number of carbonyl (C=O) groups is 2. The fraction of sp³-hybridized carbons (Fsp3) is 0.818. The van der Waals surface area contributed by atoms with Gasteiger partial charge in [0.25, 0.3) is 0 Å². The maximum absolute atomic E-state index is 11.6. The molecule has 0 spiro atoms. The van der Waals surface area contributed by atoms with E-state index >= 15 is 0 Å². The Balaban J connectivity index is 2.33. The van der Waals surface area contributed by atoms with Crippen LogP contribution < -0.4 is 0 Å². The number of allylic oxidation sites excluding steroid dienone is 2. The van der Waals surface area contributed by atoms with E-state index in [2.05, 4.69) is 19.1 Å². The van der Waals surface area contributed by atoms with Gasteiger partial charge < -0.3 is 19.8 Å². The summed E-state index contributed by atoms with van der Waals surface area (Å²) in [6.45, 7) is 2.17. The van der Waals surface area contributed by atoms with Gasteiger partial charge >= 0.3 is 0 Å². The molecule has 0 radical (unpaired) electrons. The summed E-state index contributed by atoms with van der Waals surface area (Å²) < 4.78 is 0. The standard InChI is InChI=1S/C22H38O4/c1-2-3-8-11-18-14-15-19(21(17-24)20(18)16-23)12-9-6-4-5-7-10-13-22(25)26/h14-22,25-26H,2-13H2,1H3. The van der Waals surface area contributed by atoms with Crippen LogP contribution in [0.4, 0.5) is 0 Å². The number of aliphatic hydroxyl groups is 2. The van der Waals surface area contributed by atoms with Crippen molar-refractivity contribution in [2.24, 2.45) is 23.7 Å². The minimum Gasteiger partial charge on any atom is -0.368 e. The normalized spacial score (nSPS) is 25.5. The highest BCUT2D eigenvalue weighted by Crippen LogP contribution is 2.37. The van der Waals surface area contributed by atoms with E-state index < -0.39 is 6.29 Å². The van der Waals surface area contributed by atoms with Gasteiger partial charge in [-0.05, 0) is 37.5 Å². The molecule has 1 aliphatic rings. The SMILES string of the molecule is CCCCCC1C=CC(CCCCCCCCC(O)O)C(C=O)C1C=O. The van der Waals surface area contributed by atoms with E-state index in [4.69, 9.17) is 10.2 Å². The molecule has 1 rings (SSSR count). The van der Waals surface area contributed by atoms with Crippen molar-refractivity contribution in [3.8, 4) is 0 Å². The van der Waals surface area contributed by atoms with E-state index in [1.165, 1.54) is 12.8 Å². The first kappa shape index (κ1) is 23.0. The maximum atomic E-state index is 11.6. The first-order chi connectivity index (χ1) is 12.6. The van der Waals surface area contributed by atoms with Gasteiger partial charge in [-0.2, -0.15) is 0 Å². The minimum absolute atomic E-state index is 0.149. The molecule has 0 aliphatic heterocycles. The summed E-state index contributed by atoms with van der Waals surface area (Å²) in [6, 6.07) is 0. The Labute approximate surface area is 159 Å². The lowest BCUT2D eigenvalue weighted by atomic mass is 9.69. The van der Waals surface area contributed by atoms with Crippen molar-refractivity contribution in [3.05, 3.63) is 12.2 Å². The molecule has 150 valence electrons. The number of carbonyl (C=O) groups excluding carboxylic acids is 2. The average Bonchev–Trinajstić information content (AvgIpc) is 2.63. The number of hydrogen-bond acceptors (Lipinski definition) is 4. The van der Waals surface area contributed by atoms with Crippen LogP contribution in [0.2, 0.25) is 0 Å². The van der Waals surface area contributed by atoms with Crippen molar-refractivity contribution < 1.29 is 19.8 Å². The Bertz CT molecular complexity index is 405. The second kappa shape index (κ2) is 14.1. The van der Waals surface area contributed by atoms with Crippen molar-refractivity contribution >= 4 is 12.6 Å². The van der Waals surface area contributed by atoms with Crippen LogP contribution in [-0.2, 0) is 9.59 Å². The summed E-state index contributed by atoms with van der Waals surface area (Å²) in [5.41, 5.74) is 0. The summed E-state index contributed by atoms with van der Waals surface area (Å²) >= 11 is 0. The third kappa shape index (κ3) is 8.59. The fourth-order valence-corrected chi connectivity index (χ4v) is 4.12. The first-order valence-electron chi connectivity index (χ1n) is 10.6. The number of unbranched alkanes of at least 4 members (excludes halogenated alkanes) is 7. The lowest BCUT2D eigenvalue weighted by molar-refractivity contribution is -0.122. The topological polar surface area (TPSA) is 74.6 Å². The predicted molar refractivity (Wildman–Crippen MR) is 105 cm³/mol. The van der Waals surface area contributed by atoms with Gasteiger partial charge in [-0.15, -0.1) is 0 Å². The summed E-state index contributed by atoms with van der Waals surface area (Å²) in [6.07, 6.45) is 17.5. The Hall–Kier alpha value is -1.00. The van der Waals surface area contributed by atoms with Gasteiger partial charge in [-0.3, -0.25) is 0 Å². The Morgan fingerprint density at radius 1 is 0.769 bits per heavy atom. The van der Waals surface area contributed by atoms with Crippen LogP contribution in [-0.4, -0.2) is 29.1 Å². The molecule has 0 aromatic heterocycles. The van der Waals surface area contributed by atoms with Crippen LogP contribution in [0.1, 0.15) is 84.0 Å². The fourth-order valence-electron chi connectivity index (χ4n) is 4.12. The molecule has 0 saturated carbocycles. The number of aldehydes is 2. The highest BCUT2D eigenvalue weighted by molar-refractivity contribution is 5.67.